The molecular formula is C10H7F2NO5. The Morgan fingerprint density at radius 1 is 1.39 bits per heavy atom. The highest BCUT2D eigenvalue weighted by molar-refractivity contribution is 6.40. The lowest BCUT2D eigenvalue weighted by atomic mass is 10.1. The molecule has 0 saturated carbocycles. The number of ketones is 1. The van der Waals surface area contributed by atoms with Gasteiger partial charge in [0.2, 0.25) is 5.82 Å². The van der Waals surface area contributed by atoms with Crippen LogP contribution in [-0.4, -0.2) is 23.3 Å². The number of nitrogens with zero attached hydrogens (tertiary/aromatic N) is 1. The van der Waals surface area contributed by atoms with Gasteiger partial charge in [0.25, 0.3) is 5.78 Å². The molecule has 0 heterocycles. The predicted octanol–water partition coefficient (Wildman–Crippen LogP) is 1.62. The topological polar surface area (TPSA) is 86.5 Å². The molecule has 1 rings (SSSR count). The first-order chi connectivity index (χ1) is 8.38. The Bertz CT molecular complexity index is 529. The number of rotatable bonds is 4. The molecule has 0 aromatic heterocycles. The van der Waals surface area contributed by atoms with Gasteiger partial charge in [0, 0.05) is 11.6 Å². The molecule has 18 heavy (non-hydrogen) atoms. The zero-order chi connectivity index (χ0) is 13.9. The van der Waals surface area contributed by atoms with Crippen LogP contribution < -0.4 is 0 Å². The first-order valence-electron chi connectivity index (χ1n) is 4.73. The maximum atomic E-state index is 13.0. The molecule has 0 aliphatic rings. The number of nitro benzene ring substituents is 1. The predicted molar refractivity (Wildman–Crippen MR) is 54.0 cm³/mol. The van der Waals surface area contributed by atoms with Gasteiger partial charge in [-0.1, -0.05) is 0 Å². The zero-order valence-electron chi connectivity index (χ0n) is 9.11. The number of hydrogen-bond acceptors (Lipinski definition) is 5. The second kappa shape index (κ2) is 5.30. The molecule has 0 saturated heterocycles. The summed E-state index contributed by atoms with van der Waals surface area (Å²) in [6, 6.07) is 0.888. The van der Waals surface area contributed by atoms with E-state index in [4.69, 9.17) is 0 Å². The second-order valence-electron chi connectivity index (χ2n) is 3.10. The van der Waals surface area contributed by atoms with Crippen LogP contribution in [0.5, 0.6) is 0 Å². The Balaban J connectivity index is 3.23. The van der Waals surface area contributed by atoms with Crippen LogP contribution in [0.1, 0.15) is 17.3 Å². The zero-order valence-corrected chi connectivity index (χ0v) is 9.11. The van der Waals surface area contributed by atoms with Crippen LogP contribution in [0.25, 0.3) is 0 Å². The van der Waals surface area contributed by atoms with E-state index in [9.17, 15) is 28.5 Å². The SMILES string of the molecule is CCOC(=O)C(=O)c1cc(F)c(F)c([N+](=O)[O-])c1. The summed E-state index contributed by atoms with van der Waals surface area (Å²) >= 11 is 0. The van der Waals surface area contributed by atoms with Gasteiger partial charge in [-0.25, -0.2) is 9.18 Å². The van der Waals surface area contributed by atoms with Crippen molar-refractivity contribution in [2.45, 2.75) is 6.92 Å². The molecule has 0 spiro atoms. The van der Waals surface area contributed by atoms with E-state index in [-0.39, 0.29) is 6.61 Å². The van der Waals surface area contributed by atoms with Crippen LogP contribution in [0.2, 0.25) is 0 Å². The minimum absolute atomic E-state index is 0.0870. The normalized spacial score (nSPS) is 9.94. The van der Waals surface area contributed by atoms with E-state index in [1.165, 1.54) is 6.92 Å². The molecule has 0 bridgehead atoms. The number of carbonyl (C=O) groups is 2. The first-order valence-corrected chi connectivity index (χ1v) is 4.73. The summed E-state index contributed by atoms with van der Waals surface area (Å²) < 4.78 is 30.4. The van der Waals surface area contributed by atoms with E-state index in [1.807, 2.05) is 0 Å². The molecule has 0 N–H and O–H groups in total. The average molecular weight is 259 g/mol. The molecule has 0 fully saturated rings. The van der Waals surface area contributed by atoms with Crippen molar-refractivity contribution in [3.05, 3.63) is 39.4 Å². The summed E-state index contributed by atoms with van der Waals surface area (Å²) in [6.07, 6.45) is 0. The minimum atomic E-state index is -1.69. The molecule has 1 aromatic carbocycles. The lowest BCUT2D eigenvalue weighted by molar-refractivity contribution is -0.387. The molecule has 0 unspecified atom stereocenters. The summed E-state index contributed by atoms with van der Waals surface area (Å²) in [5, 5.41) is 10.4. The van der Waals surface area contributed by atoms with Crippen molar-refractivity contribution in [3.8, 4) is 0 Å². The van der Waals surface area contributed by atoms with Gasteiger partial charge in [-0.2, -0.15) is 4.39 Å². The van der Waals surface area contributed by atoms with Crippen molar-refractivity contribution in [3.63, 3.8) is 0 Å². The Labute approximate surface area is 99.3 Å². The molecule has 0 atom stereocenters. The minimum Gasteiger partial charge on any atom is -0.460 e. The third-order valence-corrected chi connectivity index (χ3v) is 1.93. The van der Waals surface area contributed by atoms with Gasteiger partial charge in [-0.05, 0) is 13.0 Å². The smallest absolute Gasteiger partial charge is 0.379 e. The van der Waals surface area contributed by atoms with E-state index in [0.717, 1.165) is 0 Å². The summed E-state index contributed by atoms with van der Waals surface area (Å²) in [6.45, 7) is 1.36. The van der Waals surface area contributed by atoms with E-state index < -0.39 is 39.6 Å². The van der Waals surface area contributed by atoms with Crippen LogP contribution in [0.3, 0.4) is 0 Å². The van der Waals surface area contributed by atoms with E-state index >= 15 is 0 Å². The molecule has 0 radical (unpaired) electrons. The molecule has 96 valence electrons. The molecule has 6 nitrogen and oxygen atoms in total. The maximum absolute atomic E-state index is 13.0. The average Bonchev–Trinajstić information content (AvgIpc) is 2.31. The third-order valence-electron chi connectivity index (χ3n) is 1.93. The number of Topliss-reactive ketones (excluding diaryl/α,β-unsaturated/α-hetero) is 1. The Kier molecular flexibility index (Phi) is 4.03. The van der Waals surface area contributed by atoms with Crippen LogP contribution in [0.4, 0.5) is 14.5 Å². The number of hydrogen-bond donors (Lipinski definition) is 0. The molecule has 0 amide bonds. The number of benzene rings is 1. The Morgan fingerprint density at radius 3 is 2.50 bits per heavy atom. The van der Waals surface area contributed by atoms with Gasteiger partial charge < -0.3 is 4.74 Å². The Morgan fingerprint density at radius 2 is 2.00 bits per heavy atom. The largest absolute Gasteiger partial charge is 0.460 e. The van der Waals surface area contributed by atoms with Crippen molar-refractivity contribution in [1.29, 1.82) is 0 Å². The summed E-state index contributed by atoms with van der Waals surface area (Å²) in [5.41, 5.74) is -1.86. The van der Waals surface area contributed by atoms with Gasteiger partial charge in [0.05, 0.1) is 11.5 Å². The number of halogens is 2. The van der Waals surface area contributed by atoms with Crippen molar-refractivity contribution in [1.82, 2.24) is 0 Å². The van der Waals surface area contributed by atoms with Crippen molar-refractivity contribution in [2.75, 3.05) is 6.61 Å². The highest BCUT2D eigenvalue weighted by Gasteiger charge is 2.26. The van der Waals surface area contributed by atoms with Gasteiger partial charge in [-0.3, -0.25) is 14.9 Å². The van der Waals surface area contributed by atoms with Crippen LogP contribution in [0, 0.1) is 21.7 Å². The van der Waals surface area contributed by atoms with E-state index in [0.29, 0.717) is 12.1 Å². The molecule has 1 aromatic rings. The lowest BCUT2D eigenvalue weighted by Gasteiger charge is -2.02. The fourth-order valence-corrected chi connectivity index (χ4v) is 1.15. The van der Waals surface area contributed by atoms with Crippen LogP contribution >= 0.6 is 0 Å². The van der Waals surface area contributed by atoms with Crippen molar-refractivity contribution < 1.29 is 28.0 Å². The number of esters is 1. The summed E-state index contributed by atoms with van der Waals surface area (Å²) in [4.78, 5) is 31.7. The molecule has 0 aliphatic heterocycles. The number of nitro groups is 1. The standard InChI is InChI=1S/C10H7F2NO5/c1-2-18-10(15)9(14)5-3-6(11)8(12)7(4-5)13(16)17/h3-4H,2H2,1H3. The van der Waals surface area contributed by atoms with Gasteiger partial charge >= 0.3 is 11.7 Å². The number of carbonyl (C=O) groups excluding carboxylic acids is 2. The fourth-order valence-electron chi connectivity index (χ4n) is 1.15. The monoisotopic (exact) mass is 259 g/mol. The maximum Gasteiger partial charge on any atom is 0.379 e. The second-order valence-corrected chi connectivity index (χ2v) is 3.10. The molecule has 0 aliphatic carbocycles. The van der Waals surface area contributed by atoms with Crippen molar-refractivity contribution >= 4 is 17.4 Å². The molecule has 8 heteroatoms. The molecular weight excluding hydrogens is 252 g/mol. The van der Waals surface area contributed by atoms with Gasteiger partial charge in [0.1, 0.15) is 0 Å². The van der Waals surface area contributed by atoms with E-state index in [1.54, 1.807) is 0 Å². The van der Waals surface area contributed by atoms with Crippen LogP contribution in [0.15, 0.2) is 12.1 Å². The van der Waals surface area contributed by atoms with Crippen molar-refractivity contribution in [2.24, 2.45) is 0 Å². The summed E-state index contributed by atoms with van der Waals surface area (Å²) in [5.74, 6) is -5.85. The Hall–Kier alpha value is -2.38. The van der Waals surface area contributed by atoms with Gasteiger partial charge in [0.15, 0.2) is 5.82 Å². The van der Waals surface area contributed by atoms with Gasteiger partial charge in [-0.15, -0.1) is 0 Å². The van der Waals surface area contributed by atoms with E-state index in [2.05, 4.69) is 4.74 Å². The fraction of sp³-hybridized carbons (Fsp3) is 0.200. The first kappa shape index (κ1) is 13.7. The number of ether oxygens (including phenoxy) is 1. The summed E-state index contributed by atoms with van der Waals surface area (Å²) in [7, 11) is 0. The quantitative estimate of drug-likeness (QED) is 0.269. The highest BCUT2D eigenvalue weighted by atomic mass is 19.2. The highest BCUT2D eigenvalue weighted by Crippen LogP contribution is 2.22. The third kappa shape index (κ3) is 2.65. The lowest BCUT2D eigenvalue weighted by Crippen LogP contribution is -2.18. The van der Waals surface area contributed by atoms with Crippen LogP contribution in [-0.2, 0) is 9.53 Å².